The molecule has 24 heavy (non-hydrogen) atoms. The first-order chi connectivity index (χ1) is 11.7. The molecule has 8 heteroatoms. The molecule has 2 amide bonds. The van der Waals surface area contributed by atoms with E-state index in [0.29, 0.717) is 31.9 Å². The maximum Gasteiger partial charge on any atom is 0.272 e. The summed E-state index contributed by atoms with van der Waals surface area (Å²) in [6.07, 6.45) is 2.30. The lowest BCUT2D eigenvalue weighted by Crippen LogP contribution is -2.48. The molecule has 3 rings (SSSR count). The Kier molecular flexibility index (Phi) is 5.24. The van der Waals surface area contributed by atoms with E-state index in [1.54, 1.807) is 15.9 Å². The highest BCUT2D eigenvalue weighted by Crippen LogP contribution is 2.15. The third-order valence-electron chi connectivity index (χ3n) is 4.77. The van der Waals surface area contributed by atoms with Gasteiger partial charge in [0, 0.05) is 58.4 Å². The molecule has 2 fully saturated rings. The second kappa shape index (κ2) is 7.57. The van der Waals surface area contributed by atoms with Crippen LogP contribution in [0.2, 0.25) is 0 Å². The van der Waals surface area contributed by atoms with Gasteiger partial charge in [0.15, 0.2) is 0 Å². The number of aromatic nitrogens is 2. The Morgan fingerprint density at radius 3 is 2.42 bits per heavy atom. The molecular weight excluding hydrogens is 308 g/mol. The van der Waals surface area contributed by atoms with Crippen LogP contribution in [0, 0.1) is 0 Å². The van der Waals surface area contributed by atoms with Gasteiger partial charge >= 0.3 is 0 Å². The lowest BCUT2D eigenvalue weighted by Gasteiger charge is -2.35. The standard InChI is InChI=1S/C16H24N6O2/c1-2-19-3-7-21(8-4-19)15-11-14(17-12-18-15)16(24)22-9-5-20(13-23)6-10-22/h11-13H,2-10H2,1H3. The molecule has 0 spiro atoms. The fraction of sp³-hybridized carbons (Fsp3) is 0.625. The van der Waals surface area contributed by atoms with Crippen molar-refractivity contribution in [3.05, 3.63) is 18.1 Å². The van der Waals surface area contributed by atoms with Crippen molar-refractivity contribution in [1.29, 1.82) is 0 Å². The molecule has 2 aliphatic rings. The molecule has 0 aromatic carbocycles. The summed E-state index contributed by atoms with van der Waals surface area (Å²) in [5, 5.41) is 0. The molecule has 0 radical (unpaired) electrons. The van der Waals surface area contributed by atoms with E-state index in [9.17, 15) is 9.59 Å². The molecular formula is C16H24N6O2. The van der Waals surface area contributed by atoms with Crippen molar-refractivity contribution in [2.24, 2.45) is 0 Å². The Bertz CT molecular complexity index is 580. The number of nitrogens with zero attached hydrogens (tertiary/aromatic N) is 6. The van der Waals surface area contributed by atoms with Crippen LogP contribution in [0.5, 0.6) is 0 Å². The van der Waals surface area contributed by atoms with Gasteiger partial charge in [0.25, 0.3) is 5.91 Å². The third-order valence-corrected chi connectivity index (χ3v) is 4.77. The van der Waals surface area contributed by atoms with E-state index in [1.165, 1.54) is 6.33 Å². The number of likely N-dealkylation sites (N-methyl/N-ethyl adjacent to an activating group) is 1. The number of hydrogen-bond acceptors (Lipinski definition) is 6. The smallest absolute Gasteiger partial charge is 0.272 e. The summed E-state index contributed by atoms with van der Waals surface area (Å²) in [5.41, 5.74) is 0.428. The van der Waals surface area contributed by atoms with Gasteiger partial charge in [0.1, 0.15) is 17.8 Å². The van der Waals surface area contributed by atoms with Crippen LogP contribution in [0.1, 0.15) is 17.4 Å². The molecule has 0 bridgehead atoms. The number of anilines is 1. The molecule has 3 heterocycles. The topological polar surface area (TPSA) is 72.9 Å². The molecule has 8 nitrogen and oxygen atoms in total. The van der Waals surface area contributed by atoms with Gasteiger partial charge in [0.2, 0.25) is 6.41 Å². The molecule has 1 aromatic heterocycles. The summed E-state index contributed by atoms with van der Waals surface area (Å²) in [6, 6.07) is 1.79. The maximum absolute atomic E-state index is 12.6. The van der Waals surface area contributed by atoms with Gasteiger partial charge in [-0.15, -0.1) is 0 Å². The van der Waals surface area contributed by atoms with E-state index in [2.05, 4.69) is 26.7 Å². The van der Waals surface area contributed by atoms with Crippen molar-refractivity contribution in [2.75, 3.05) is 63.8 Å². The minimum absolute atomic E-state index is 0.0867. The zero-order valence-corrected chi connectivity index (χ0v) is 14.1. The number of amides is 2. The van der Waals surface area contributed by atoms with Gasteiger partial charge < -0.3 is 19.6 Å². The Hall–Kier alpha value is -2.22. The van der Waals surface area contributed by atoms with Crippen molar-refractivity contribution in [3.63, 3.8) is 0 Å². The summed E-state index contributed by atoms with van der Waals surface area (Å²) in [6.45, 7) is 9.33. The second-order valence-corrected chi connectivity index (χ2v) is 6.12. The van der Waals surface area contributed by atoms with Crippen molar-refractivity contribution in [2.45, 2.75) is 6.92 Å². The molecule has 2 aliphatic heterocycles. The van der Waals surface area contributed by atoms with Crippen LogP contribution in [-0.4, -0.2) is 95.9 Å². The van der Waals surface area contributed by atoms with Crippen molar-refractivity contribution >= 4 is 18.1 Å². The summed E-state index contributed by atoms with van der Waals surface area (Å²) in [7, 11) is 0. The first kappa shape index (κ1) is 16.6. The highest BCUT2D eigenvalue weighted by atomic mass is 16.2. The van der Waals surface area contributed by atoms with Gasteiger partial charge in [-0.1, -0.05) is 6.92 Å². The highest BCUT2D eigenvalue weighted by molar-refractivity contribution is 5.93. The Morgan fingerprint density at radius 2 is 1.79 bits per heavy atom. The SMILES string of the molecule is CCN1CCN(c2cc(C(=O)N3CCN(C=O)CC3)ncn2)CC1. The van der Waals surface area contributed by atoms with E-state index in [0.717, 1.165) is 45.0 Å². The van der Waals surface area contributed by atoms with Crippen LogP contribution in [0.25, 0.3) is 0 Å². The first-order valence-corrected chi connectivity index (χ1v) is 8.49. The Labute approximate surface area is 142 Å². The lowest BCUT2D eigenvalue weighted by molar-refractivity contribution is -0.119. The number of piperazine rings is 2. The molecule has 130 valence electrons. The predicted octanol–water partition coefficient (Wildman–Crippen LogP) is -0.467. The maximum atomic E-state index is 12.6. The van der Waals surface area contributed by atoms with Gasteiger partial charge in [0.05, 0.1) is 0 Å². The number of carbonyl (C=O) groups excluding carboxylic acids is 2. The van der Waals surface area contributed by atoms with E-state index in [1.807, 2.05) is 0 Å². The zero-order valence-electron chi connectivity index (χ0n) is 14.1. The minimum Gasteiger partial charge on any atom is -0.354 e. The number of carbonyl (C=O) groups is 2. The third kappa shape index (κ3) is 3.64. The largest absolute Gasteiger partial charge is 0.354 e. The summed E-state index contributed by atoms with van der Waals surface area (Å²) in [4.78, 5) is 39.9. The summed E-state index contributed by atoms with van der Waals surface area (Å²) < 4.78 is 0. The number of rotatable bonds is 4. The Morgan fingerprint density at radius 1 is 1.08 bits per heavy atom. The van der Waals surface area contributed by atoms with Gasteiger partial charge in [-0.25, -0.2) is 9.97 Å². The average Bonchev–Trinajstić information content (AvgIpc) is 2.67. The van der Waals surface area contributed by atoms with Crippen LogP contribution < -0.4 is 4.90 Å². The van der Waals surface area contributed by atoms with Gasteiger partial charge in [-0.05, 0) is 6.54 Å². The average molecular weight is 332 g/mol. The fourth-order valence-corrected chi connectivity index (χ4v) is 3.12. The Balaban J connectivity index is 1.65. The molecule has 0 N–H and O–H groups in total. The molecule has 0 aliphatic carbocycles. The van der Waals surface area contributed by atoms with Crippen LogP contribution in [0.15, 0.2) is 12.4 Å². The predicted molar refractivity (Wildman–Crippen MR) is 89.9 cm³/mol. The van der Waals surface area contributed by atoms with E-state index in [4.69, 9.17) is 0 Å². The second-order valence-electron chi connectivity index (χ2n) is 6.12. The molecule has 0 atom stereocenters. The summed E-state index contributed by atoms with van der Waals surface area (Å²) in [5.74, 6) is 0.729. The van der Waals surface area contributed by atoms with Crippen LogP contribution in [-0.2, 0) is 4.79 Å². The molecule has 0 unspecified atom stereocenters. The van der Waals surface area contributed by atoms with Crippen LogP contribution in [0.4, 0.5) is 5.82 Å². The highest BCUT2D eigenvalue weighted by Gasteiger charge is 2.24. The quantitative estimate of drug-likeness (QED) is 0.694. The molecule has 0 saturated carbocycles. The zero-order chi connectivity index (χ0) is 16.9. The number of hydrogen-bond donors (Lipinski definition) is 0. The van der Waals surface area contributed by atoms with Gasteiger partial charge in [-0.2, -0.15) is 0 Å². The summed E-state index contributed by atoms with van der Waals surface area (Å²) >= 11 is 0. The molecule has 1 aromatic rings. The normalized spacial score (nSPS) is 19.5. The molecule has 2 saturated heterocycles. The van der Waals surface area contributed by atoms with E-state index < -0.39 is 0 Å². The van der Waals surface area contributed by atoms with Crippen molar-refractivity contribution in [1.82, 2.24) is 24.7 Å². The van der Waals surface area contributed by atoms with E-state index >= 15 is 0 Å². The van der Waals surface area contributed by atoms with E-state index in [-0.39, 0.29) is 5.91 Å². The van der Waals surface area contributed by atoms with Crippen LogP contribution in [0.3, 0.4) is 0 Å². The van der Waals surface area contributed by atoms with Gasteiger partial charge in [-0.3, -0.25) is 9.59 Å². The van der Waals surface area contributed by atoms with Crippen molar-refractivity contribution < 1.29 is 9.59 Å². The first-order valence-electron chi connectivity index (χ1n) is 8.49. The fourth-order valence-electron chi connectivity index (χ4n) is 3.12. The van der Waals surface area contributed by atoms with Crippen LogP contribution >= 0.6 is 0 Å². The lowest BCUT2D eigenvalue weighted by atomic mass is 10.2. The minimum atomic E-state index is -0.0867. The van der Waals surface area contributed by atoms with Crippen molar-refractivity contribution in [3.8, 4) is 0 Å². The monoisotopic (exact) mass is 332 g/mol.